The Morgan fingerprint density at radius 3 is 2.12 bits per heavy atom. The van der Waals surface area contributed by atoms with Crippen LogP contribution in [0, 0.1) is 6.92 Å². The Morgan fingerprint density at radius 1 is 0.814 bits per heavy atom. The molecular weight excluding hydrogens is 631 g/mol. The number of hydrogen-bond acceptors (Lipinski definition) is 11. The van der Waals surface area contributed by atoms with Gasteiger partial charge in [-0.05, 0) is 73.2 Å². The fraction of sp³-hybridized carbons (Fsp3) is 0.0357. The normalized spacial score (nSPS) is 11.5. The topological polar surface area (TPSA) is 168 Å². The van der Waals surface area contributed by atoms with Gasteiger partial charge in [0.05, 0.1) is 42.3 Å². The number of hydrogen-bond donors (Lipinski definition) is 1. The van der Waals surface area contributed by atoms with Crippen molar-refractivity contribution in [3.63, 3.8) is 0 Å². The van der Waals surface area contributed by atoms with E-state index in [0.29, 0.717) is 26.5 Å². The van der Waals surface area contributed by atoms with E-state index in [1.165, 1.54) is 34.8 Å². The molecule has 0 amide bonds. The maximum atomic E-state index is 11.9. The Morgan fingerprint density at radius 2 is 1.42 bits per heavy atom. The number of benzene rings is 4. The summed E-state index contributed by atoms with van der Waals surface area (Å²) in [5.74, 6) is -1.92. The maximum absolute atomic E-state index is 11.9. The van der Waals surface area contributed by atoms with Gasteiger partial charge in [0.1, 0.15) is 20.1 Å². The predicted molar refractivity (Wildman–Crippen MR) is 153 cm³/mol. The van der Waals surface area contributed by atoms with Gasteiger partial charge in [-0.1, -0.05) is 17.9 Å². The summed E-state index contributed by atoms with van der Waals surface area (Å²) < 4.78 is 36.9. The Balaban J connectivity index is 0.00000212. The number of aromatic carboxylic acids is 1. The summed E-state index contributed by atoms with van der Waals surface area (Å²) >= 11 is 2.65. The first-order chi connectivity index (χ1) is 19.6. The van der Waals surface area contributed by atoms with Gasteiger partial charge >= 0.3 is 65.1 Å². The third-order valence-corrected chi connectivity index (χ3v) is 9.54. The van der Waals surface area contributed by atoms with Crippen LogP contribution in [0.5, 0.6) is 5.75 Å². The van der Waals surface area contributed by atoms with Gasteiger partial charge in [-0.15, -0.1) is 22.7 Å². The van der Waals surface area contributed by atoms with Crippen molar-refractivity contribution in [2.24, 2.45) is 10.2 Å². The Kier molecular flexibility index (Phi) is 10.2. The minimum Gasteiger partial charge on any atom is -0.872 e. The molecule has 0 atom stereocenters. The number of fused-ring (bicyclic) bond motifs is 2. The van der Waals surface area contributed by atoms with Crippen molar-refractivity contribution in [2.75, 3.05) is 0 Å². The second kappa shape index (κ2) is 13.2. The summed E-state index contributed by atoms with van der Waals surface area (Å²) in [5.41, 5.74) is 3.69. The molecule has 6 rings (SSSR count). The van der Waals surface area contributed by atoms with Gasteiger partial charge in [-0.2, -0.15) is 10.2 Å². The van der Waals surface area contributed by atoms with Gasteiger partial charge < -0.3 is 14.8 Å². The number of aryl methyl sites for hydroxylation is 1. The molecule has 0 aliphatic rings. The average Bonchev–Trinajstić information content (AvgIpc) is 3.56. The number of carbonyl (C=O) groups is 1. The first kappa shape index (κ1) is 33.3. The van der Waals surface area contributed by atoms with Gasteiger partial charge in [-0.3, -0.25) is 0 Å². The van der Waals surface area contributed by atoms with Crippen LogP contribution >= 0.6 is 22.7 Å². The molecule has 6 aromatic rings. The SMILES string of the molecule is Cc1ccc2nc(-c3ccc4nc(-c5ccc(N=Nc6ccc([O-])c(C(=O)O)c6)cc5)sc4c3)sc2c1S(=O)(=O)[O-].[Na+].[Na+]. The van der Waals surface area contributed by atoms with E-state index in [2.05, 4.69) is 15.2 Å². The van der Waals surface area contributed by atoms with Crippen LogP contribution in [0.3, 0.4) is 0 Å². The van der Waals surface area contributed by atoms with Crippen LogP contribution < -0.4 is 64.2 Å². The van der Waals surface area contributed by atoms with Gasteiger partial charge in [0.2, 0.25) is 0 Å². The molecule has 10 nitrogen and oxygen atoms in total. The van der Waals surface area contributed by atoms with Crippen molar-refractivity contribution in [1.82, 2.24) is 9.97 Å². The molecule has 1 N–H and O–H groups in total. The van der Waals surface area contributed by atoms with Crippen molar-refractivity contribution in [3.05, 3.63) is 83.9 Å². The molecule has 2 heterocycles. The van der Waals surface area contributed by atoms with Crippen molar-refractivity contribution in [2.45, 2.75) is 11.8 Å². The predicted octanol–water partition coefficient (Wildman–Crippen LogP) is 0.648. The Bertz CT molecular complexity index is 2150. The van der Waals surface area contributed by atoms with Crippen LogP contribution in [0.1, 0.15) is 15.9 Å². The fourth-order valence-electron chi connectivity index (χ4n) is 4.22. The molecule has 0 unspecified atom stereocenters. The zero-order chi connectivity index (χ0) is 28.9. The summed E-state index contributed by atoms with van der Waals surface area (Å²) in [6, 6.07) is 19.9. The summed E-state index contributed by atoms with van der Waals surface area (Å²) in [6.45, 7) is 1.59. The second-order valence-corrected chi connectivity index (χ2v) is 12.3. The molecule has 43 heavy (non-hydrogen) atoms. The van der Waals surface area contributed by atoms with E-state index in [-0.39, 0.29) is 75.3 Å². The van der Waals surface area contributed by atoms with E-state index in [4.69, 9.17) is 10.1 Å². The van der Waals surface area contributed by atoms with E-state index in [1.54, 1.807) is 31.2 Å². The maximum Gasteiger partial charge on any atom is 1.00 e. The molecule has 204 valence electrons. The van der Waals surface area contributed by atoms with Gasteiger partial charge in [0.25, 0.3) is 0 Å². The van der Waals surface area contributed by atoms with Crippen LogP contribution in [-0.2, 0) is 10.1 Å². The molecule has 0 aliphatic carbocycles. The summed E-state index contributed by atoms with van der Waals surface area (Å²) in [7, 11) is -4.65. The smallest absolute Gasteiger partial charge is 0.872 e. The quantitative estimate of drug-likeness (QED) is 0.156. The molecule has 0 radical (unpaired) electrons. The molecule has 0 saturated carbocycles. The summed E-state index contributed by atoms with van der Waals surface area (Å²) in [4.78, 5) is 20.2. The van der Waals surface area contributed by atoms with Gasteiger partial charge in [-0.25, -0.2) is 23.2 Å². The van der Waals surface area contributed by atoms with Gasteiger partial charge in [0, 0.05) is 11.1 Å². The number of thiazole rings is 2. The third-order valence-electron chi connectivity index (χ3n) is 6.18. The van der Waals surface area contributed by atoms with E-state index in [9.17, 15) is 22.9 Å². The van der Waals surface area contributed by atoms with Crippen LogP contribution in [0.25, 0.3) is 41.6 Å². The number of carboxylic acids is 1. The first-order valence-corrected chi connectivity index (χ1v) is 14.9. The summed E-state index contributed by atoms with van der Waals surface area (Å²) in [5, 5.41) is 30.3. The van der Waals surface area contributed by atoms with Crippen LogP contribution in [-0.4, -0.2) is 34.0 Å². The van der Waals surface area contributed by atoms with E-state index >= 15 is 0 Å². The zero-order valence-corrected chi connectivity index (χ0v) is 29.4. The zero-order valence-electron chi connectivity index (χ0n) is 22.9. The molecular formula is C28H16N4Na2O6S3. The van der Waals surface area contributed by atoms with E-state index in [1.807, 2.05) is 30.3 Å². The van der Waals surface area contributed by atoms with Crippen LogP contribution in [0.2, 0.25) is 0 Å². The van der Waals surface area contributed by atoms with E-state index in [0.717, 1.165) is 32.4 Å². The third kappa shape index (κ3) is 6.91. The Labute approximate surface area is 297 Å². The molecule has 15 heteroatoms. The largest absolute Gasteiger partial charge is 1.00 e. The first-order valence-electron chi connectivity index (χ1n) is 11.9. The minimum absolute atomic E-state index is 0. The molecule has 0 bridgehead atoms. The molecule has 0 fully saturated rings. The average molecular weight is 647 g/mol. The van der Waals surface area contributed by atoms with Crippen molar-refractivity contribution >= 4 is 70.6 Å². The molecule has 0 saturated heterocycles. The van der Waals surface area contributed by atoms with Crippen LogP contribution in [0.15, 0.2) is 87.9 Å². The van der Waals surface area contributed by atoms with E-state index < -0.39 is 21.8 Å². The fourth-order valence-corrected chi connectivity index (χ4v) is 7.50. The molecule has 2 aromatic heterocycles. The number of azo groups is 1. The molecule has 0 spiro atoms. The van der Waals surface area contributed by atoms with Crippen molar-refractivity contribution < 1.29 is 87.1 Å². The van der Waals surface area contributed by atoms with Crippen molar-refractivity contribution in [3.8, 4) is 26.9 Å². The van der Waals surface area contributed by atoms with Crippen molar-refractivity contribution in [1.29, 1.82) is 0 Å². The second-order valence-electron chi connectivity index (χ2n) is 8.97. The van der Waals surface area contributed by atoms with Gasteiger partial charge in [0.15, 0.2) is 0 Å². The monoisotopic (exact) mass is 646 g/mol. The molecule has 0 aliphatic heterocycles. The minimum atomic E-state index is -4.65. The number of rotatable bonds is 6. The number of aromatic nitrogens is 2. The number of nitrogens with zero attached hydrogens (tertiary/aromatic N) is 4. The Hall–Kier alpha value is -2.56. The van der Waals surface area contributed by atoms with Crippen LogP contribution in [0.4, 0.5) is 11.4 Å². The molecule has 4 aromatic carbocycles. The summed E-state index contributed by atoms with van der Waals surface area (Å²) in [6.07, 6.45) is 0. The standard InChI is InChI=1S/C28H18N4O6S3.2Na/c1-14-2-9-21-24(25(14)41(36,37)38)40-27(30-21)16-5-10-20-23(12-16)39-26(29-20)15-3-6-17(7-4-15)31-32-18-8-11-22(33)19(13-18)28(34)35;;/h2-13,33H,1H3,(H,34,35)(H,36,37,38);;/q;2*+1/p-2. The number of carboxylic acid groups (broad SMARTS) is 1.